The quantitative estimate of drug-likeness (QED) is 0.732. The number of carboxylic acids is 1. The van der Waals surface area contributed by atoms with Gasteiger partial charge in [-0.25, -0.2) is 4.79 Å². The molecule has 27 heavy (non-hydrogen) atoms. The normalized spacial score (nSPS) is 23.3. The molecule has 0 saturated heterocycles. The number of aliphatic carboxylic acids is 1. The second-order valence-electron chi connectivity index (χ2n) is 7.40. The highest BCUT2D eigenvalue weighted by molar-refractivity contribution is 5.91. The number of furan rings is 1. The first kappa shape index (κ1) is 20.7. The van der Waals surface area contributed by atoms with Crippen LogP contribution in [0.25, 0.3) is 0 Å². The third-order valence-electron chi connectivity index (χ3n) is 5.45. The summed E-state index contributed by atoms with van der Waals surface area (Å²) in [6, 6.07) is 1.98. The lowest BCUT2D eigenvalue weighted by molar-refractivity contribution is -0.140. The van der Waals surface area contributed by atoms with Crippen LogP contribution in [0.15, 0.2) is 58.5 Å². The van der Waals surface area contributed by atoms with Gasteiger partial charge in [-0.1, -0.05) is 32.1 Å². The van der Waals surface area contributed by atoms with E-state index in [0.29, 0.717) is 17.9 Å². The van der Waals surface area contributed by atoms with Crippen LogP contribution in [0.1, 0.15) is 45.6 Å². The molecule has 0 aliphatic heterocycles. The van der Waals surface area contributed by atoms with Crippen molar-refractivity contribution in [1.82, 2.24) is 0 Å². The van der Waals surface area contributed by atoms with Crippen molar-refractivity contribution < 1.29 is 23.8 Å². The molecule has 0 saturated carbocycles. The Bertz CT molecular complexity index is 739. The molecule has 0 amide bonds. The second kappa shape index (κ2) is 9.40. The number of aryl methyl sites for hydroxylation is 1. The number of hydrogen-bond donors (Lipinski definition) is 1. The Morgan fingerprint density at radius 3 is 2.78 bits per heavy atom. The molecule has 1 aromatic heterocycles. The maximum absolute atomic E-state index is 11.6. The first-order valence-electron chi connectivity index (χ1n) is 9.27. The van der Waals surface area contributed by atoms with Crippen molar-refractivity contribution in [3.63, 3.8) is 0 Å². The van der Waals surface area contributed by atoms with Crippen LogP contribution in [0.5, 0.6) is 0 Å². The van der Waals surface area contributed by atoms with Gasteiger partial charge in [-0.2, -0.15) is 0 Å². The number of esters is 1. The lowest BCUT2D eigenvalue weighted by Gasteiger charge is -2.34. The predicted octanol–water partition coefficient (Wildman–Crippen LogP) is 4.71. The van der Waals surface area contributed by atoms with Crippen LogP contribution in [0.4, 0.5) is 0 Å². The molecule has 1 aromatic rings. The van der Waals surface area contributed by atoms with Crippen molar-refractivity contribution in [2.75, 3.05) is 6.61 Å². The summed E-state index contributed by atoms with van der Waals surface area (Å²) in [5.74, 6) is -1.08. The van der Waals surface area contributed by atoms with Crippen LogP contribution in [0.2, 0.25) is 0 Å². The molecule has 0 aromatic carbocycles. The zero-order chi connectivity index (χ0) is 19.9. The molecule has 5 nitrogen and oxygen atoms in total. The molecule has 5 heteroatoms. The topological polar surface area (TPSA) is 76.7 Å². The van der Waals surface area contributed by atoms with Crippen molar-refractivity contribution in [3.8, 4) is 0 Å². The molecule has 0 fully saturated rings. The Balaban J connectivity index is 2.21. The Morgan fingerprint density at radius 1 is 1.37 bits per heavy atom. The number of carbonyl (C=O) groups is 2. The van der Waals surface area contributed by atoms with E-state index in [1.54, 1.807) is 24.7 Å². The van der Waals surface area contributed by atoms with Crippen molar-refractivity contribution in [3.05, 3.63) is 59.6 Å². The first-order chi connectivity index (χ1) is 12.8. The summed E-state index contributed by atoms with van der Waals surface area (Å²) in [7, 11) is 0. The lowest BCUT2D eigenvalue weighted by atomic mass is 9.71. The Morgan fingerprint density at radius 2 is 2.15 bits per heavy atom. The van der Waals surface area contributed by atoms with Gasteiger partial charge in [0.25, 0.3) is 0 Å². The van der Waals surface area contributed by atoms with E-state index in [-0.39, 0.29) is 17.6 Å². The highest BCUT2D eigenvalue weighted by Crippen LogP contribution is 2.38. The number of rotatable bonds is 6. The van der Waals surface area contributed by atoms with Gasteiger partial charge in [0.1, 0.15) is 6.61 Å². The molecule has 2 atom stereocenters. The molecule has 0 spiro atoms. The Labute approximate surface area is 160 Å². The molecule has 1 heterocycles. The molecular formula is C22H28O5. The number of hydrogen-bond acceptors (Lipinski definition) is 4. The molecule has 146 valence electrons. The SMILES string of the molecule is CC(=O)OCC1=C(C(=O)O)C=CC=CC(C)(CCc2ccoc2)C(C)CC1. The van der Waals surface area contributed by atoms with Gasteiger partial charge in [0.05, 0.1) is 18.1 Å². The maximum atomic E-state index is 11.6. The zero-order valence-corrected chi connectivity index (χ0v) is 16.2. The van der Waals surface area contributed by atoms with Gasteiger partial charge in [0.2, 0.25) is 0 Å². The van der Waals surface area contributed by atoms with E-state index in [4.69, 9.17) is 9.15 Å². The molecule has 2 unspecified atom stereocenters. The van der Waals surface area contributed by atoms with Gasteiger partial charge in [-0.15, -0.1) is 0 Å². The summed E-state index contributed by atoms with van der Waals surface area (Å²) in [6.07, 6.45) is 14.2. The minimum absolute atomic E-state index is 0.0173. The van der Waals surface area contributed by atoms with Crippen molar-refractivity contribution in [2.24, 2.45) is 11.3 Å². The van der Waals surface area contributed by atoms with E-state index < -0.39 is 11.9 Å². The van der Waals surface area contributed by atoms with Gasteiger partial charge in [0.15, 0.2) is 0 Å². The minimum Gasteiger partial charge on any atom is -0.478 e. The van der Waals surface area contributed by atoms with Gasteiger partial charge in [-0.05, 0) is 60.3 Å². The number of ether oxygens (including phenoxy) is 1. The lowest BCUT2D eigenvalue weighted by Crippen LogP contribution is -2.25. The second-order valence-corrected chi connectivity index (χ2v) is 7.40. The van der Waals surface area contributed by atoms with Crippen LogP contribution in [-0.4, -0.2) is 23.7 Å². The van der Waals surface area contributed by atoms with Gasteiger partial charge < -0.3 is 14.3 Å². The molecule has 2 rings (SSSR count). The maximum Gasteiger partial charge on any atom is 0.335 e. The van der Waals surface area contributed by atoms with E-state index in [9.17, 15) is 14.7 Å². The van der Waals surface area contributed by atoms with Gasteiger partial charge >= 0.3 is 11.9 Å². The number of carbonyl (C=O) groups excluding carboxylic acids is 1. The number of allylic oxidation sites excluding steroid dienone is 3. The van der Waals surface area contributed by atoms with E-state index in [2.05, 4.69) is 19.9 Å². The fourth-order valence-corrected chi connectivity index (χ4v) is 3.30. The zero-order valence-electron chi connectivity index (χ0n) is 16.2. The molecule has 1 N–H and O–H groups in total. The molecule has 1 aliphatic carbocycles. The Hall–Kier alpha value is -2.56. The van der Waals surface area contributed by atoms with Crippen LogP contribution in [0.3, 0.4) is 0 Å². The molecule has 0 bridgehead atoms. The summed E-state index contributed by atoms with van der Waals surface area (Å²) in [5.41, 5.74) is 1.99. The summed E-state index contributed by atoms with van der Waals surface area (Å²) in [4.78, 5) is 22.8. The van der Waals surface area contributed by atoms with E-state index >= 15 is 0 Å². The predicted molar refractivity (Wildman–Crippen MR) is 103 cm³/mol. The van der Waals surface area contributed by atoms with Crippen molar-refractivity contribution >= 4 is 11.9 Å². The highest BCUT2D eigenvalue weighted by atomic mass is 16.5. The summed E-state index contributed by atoms with van der Waals surface area (Å²) >= 11 is 0. The largest absolute Gasteiger partial charge is 0.478 e. The summed E-state index contributed by atoms with van der Waals surface area (Å²) in [6.45, 7) is 5.77. The highest BCUT2D eigenvalue weighted by Gasteiger charge is 2.29. The third-order valence-corrected chi connectivity index (χ3v) is 5.45. The van der Waals surface area contributed by atoms with Crippen LogP contribution >= 0.6 is 0 Å². The fourth-order valence-electron chi connectivity index (χ4n) is 3.30. The average Bonchev–Trinajstić information content (AvgIpc) is 3.13. The average molecular weight is 372 g/mol. The van der Waals surface area contributed by atoms with Crippen molar-refractivity contribution in [2.45, 2.75) is 46.5 Å². The summed E-state index contributed by atoms with van der Waals surface area (Å²) < 4.78 is 10.2. The first-order valence-corrected chi connectivity index (χ1v) is 9.27. The molecule has 1 aliphatic rings. The van der Waals surface area contributed by atoms with E-state index in [1.807, 2.05) is 12.1 Å². The smallest absolute Gasteiger partial charge is 0.335 e. The minimum atomic E-state index is -1.00. The molecular weight excluding hydrogens is 344 g/mol. The fraction of sp³-hybridized carbons (Fsp3) is 0.455. The van der Waals surface area contributed by atoms with Crippen LogP contribution in [0, 0.1) is 11.3 Å². The number of carboxylic acid groups (broad SMARTS) is 1. The van der Waals surface area contributed by atoms with Crippen LogP contribution < -0.4 is 0 Å². The Kier molecular flexibility index (Phi) is 7.22. The van der Waals surface area contributed by atoms with Gasteiger partial charge in [0, 0.05) is 6.92 Å². The van der Waals surface area contributed by atoms with E-state index in [1.165, 1.54) is 12.5 Å². The standard InChI is InChI=1S/C22H28O5/c1-16-7-8-19(15-27-17(2)23)20(21(24)25)6-4-5-11-22(16,3)12-9-18-10-13-26-14-18/h4-6,10-11,13-14,16H,7-9,12,15H2,1-3H3,(H,24,25). The van der Waals surface area contributed by atoms with E-state index in [0.717, 1.165) is 19.3 Å². The molecule has 0 radical (unpaired) electrons. The monoisotopic (exact) mass is 372 g/mol. The third kappa shape index (κ3) is 5.98. The summed E-state index contributed by atoms with van der Waals surface area (Å²) in [5, 5.41) is 9.53. The van der Waals surface area contributed by atoms with Gasteiger partial charge in [-0.3, -0.25) is 4.79 Å². The van der Waals surface area contributed by atoms with Crippen molar-refractivity contribution in [1.29, 1.82) is 0 Å². The van der Waals surface area contributed by atoms with Crippen LogP contribution in [-0.2, 0) is 20.7 Å².